The van der Waals surface area contributed by atoms with Gasteiger partial charge in [0.2, 0.25) is 0 Å². The van der Waals surface area contributed by atoms with Gasteiger partial charge >= 0.3 is 0 Å². The maximum Gasteiger partial charge on any atom is 0.0749 e. The summed E-state index contributed by atoms with van der Waals surface area (Å²) in [6.07, 6.45) is 3.83. The lowest BCUT2D eigenvalue weighted by Gasteiger charge is -2.33. The van der Waals surface area contributed by atoms with Crippen molar-refractivity contribution in [2.24, 2.45) is 0 Å². The Hall–Kier alpha value is -2.19. The largest absolute Gasteiger partial charge is 0.296 e. The van der Waals surface area contributed by atoms with E-state index < -0.39 is 0 Å². The van der Waals surface area contributed by atoms with Crippen LogP contribution in [-0.2, 0) is 13.0 Å². The molecule has 0 bridgehead atoms. The van der Waals surface area contributed by atoms with Crippen LogP contribution < -0.4 is 0 Å². The van der Waals surface area contributed by atoms with Gasteiger partial charge in [0, 0.05) is 23.8 Å². The molecule has 0 N–H and O–H groups in total. The highest BCUT2D eigenvalue weighted by atomic mass is 15.2. The van der Waals surface area contributed by atoms with E-state index in [1.807, 2.05) is 0 Å². The Bertz CT molecular complexity index is 973. The van der Waals surface area contributed by atoms with Crippen LogP contribution in [0.5, 0.6) is 0 Å². The highest BCUT2D eigenvalue weighted by Gasteiger charge is 2.32. The first-order valence-electron chi connectivity index (χ1n) is 9.43. The van der Waals surface area contributed by atoms with Gasteiger partial charge in [0.05, 0.1) is 5.69 Å². The van der Waals surface area contributed by atoms with Crippen LogP contribution in [0.15, 0.2) is 42.5 Å². The number of rotatable bonds is 1. The van der Waals surface area contributed by atoms with Crippen molar-refractivity contribution < 1.29 is 0 Å². The second-order valence-electron chi connectivity index (χ2n) is 7.70. The lowest BCUT2D eigenvalue weighted by atomic mass is 9.87. The standard InChI is InChI=1S/C23H24N2/c1-15-9-10-17-6-3-4-8-20(17)22(15)23-21-13-19-7-5-11-25(19)14-18(21)12-16(2)24-23/h3-4,6,8-10,12,19H,5,7,11,13-14H2,1-2H3/t19-/m0/s1. The number of aryl methyl sites for hydroxylation is 2. The molecule has 2 aliphatic rings. The molecule has 3 heterocycles. The van der Waals surface area contributed by atoms with E-state index in [0.717, 1.165) is 18.7 Å². The van der Waals surface area contributed by atoms with Crippen molar-refractivity contribution >= 4 is 10.8 Å². The SMILES string of the molecule is Cc1cc2c(c(-c3c(C)ccc4ccccc34)n1)C[C@@H]1CCCN1C2. The predicted molar refractivity (Wildman–Crippen MR) is 104 cm³/mol. The Morgan fingerprint density at radius 3 is 2.88 bits per heavy atom. The van der Waals surface area contributed by atoms with Crippen LogP contribution in [0.2, 0.25) is 0 Å². The van der Waals surface area contributed by atoms with Gasteiger partial charge in [-0.25, -0.2) is 0 Å². The van der Waals surface area contributed by atoms with Crippen molar-refractivity contribution in [3.8, 4) is 11.3 Å². The molecule has 0 amide bonds. The summed E-state index contributed by atoms with van der Waals surface area (Å²) in [7, 11) is 0. The minimum Gasteiger partial charge on any atom is -0.296 e. The van der Waals surface area contributed by atoms with E-state index in [9.17, 15) is 0 Å². The van der Waals surface area contributed by atoms with E-state index in [-0.39, 0.29) is 0 Å². The predicted octanol–water partition coefficient (Wildman–Crippen LogP) is 5.04. The highest BCUT2D eigenvalue weighted by Crippen LogP contribution is 2.39. The second-order valence-corrected chi connectivity index (χ2v) is 7.70. The molecule has 1 aromatic heterocycles. The molecule has 1 atom stereocenters. The normalized spacial score (nSPS) is 19.8. The van der Waals surface area contributed by atoms with Crippen molar-refractivity contribution in [2.75, 3.05) is 6.54 Å². The second kappa shape index (κ2) is 5.67. The fraction of sp³-hybridized carbons (Fsp3) is 0.348. The van der Waals surface area contributed by atoms with Gasteiger partial charge in [0.15, 0.2) is 0 Å². The molecule has 126 valence electrons. The Labute approximate surface area is 149 Å². The van der Waals surface area contributed by atoms with E-state index >= 15 is 0 Å². The maximum absolute atomic E-state index is 5.06. The molecular weight excluding hydrogens is 304 g/mol. The molecule has 25 heavy (non-hydrogen) atoms. The van der Waals surface area contributed by atoms with Crippen LogP contribution in [0.4, 0.5) is 0 Å². The number of hydrogen-bond donors (Lipinski definition) is 0. The summed E-state index contributed by atoms with van der Waals surface area (Å²) in [4.78, 5) is 7.73. The summed E-state index contributed by atoms with van der Waals surface area (Å²) in [6.45, 7) is 6.72. The zero-order chi connectivity index (χ0) is 17.0. The van der Waals surface area contributed by atoms with Gasteiger partial charge in [0.1, 0.15) is 0 Å². The summed E-state index contributed by atoms with van der Waals surface area (Å²) in [5.41, 5.74) is 8.02. The molecule has 2 aliphatic heterocycles. The van der Waals surface area contributed by atoms with Crippen molar-refractivity contribution in [3.63, 3.8) is 0 Å². The lowest BCUT2D eigenvalue weighted by molar-refractivity contribution is 0.227. The smallest absolute Gasteiger partial charge is 0.0749 e. The minimum atomic E-state index is 0.714. The van der Waals surface area contributed by atoms with Crippen molar-refractivity contribution in [2.45, 2.75) is 45.7 Å². The zero-order valence-electron chi connectivity index (χ0n) is 15.0. The van der Waals surface area contributed by atoms with Gasteiger partial charge in [-0.1, -0.05) is 36.4 Å². The quantitative estimate of drug-likeness (QED) is 0.622. The Morgan fingerprint density at radius 1 is 1.08 bits per heavy atom. The molecule has 0 saturated carbocycles. The molecule has 1 fully saturated rings. The number of pyridine rings is 1. The first-order valence-corrected chi connectivity index (χ1v) is 9.43. The number of nitrogens with zero attached hydrogens (tertiary/aromatic N) is 2. The van der Waals surface area contributed by atoms with Gasteiger partial charge in [-0.15, -0.1) is 0 Å². The average Bonchev–Trinajstić information content (AvgIpc) is 3.06. The topological polar surface area (TPSA) is 16.1 Å². The van der Waals surface area contributed by atoms with E-state index in [0.29, 0.717) is 6.04 Å². The van der Waals surface area contributed by atoms with Crippen LogP contribution in [0.25, 0.3) is 22.0 Å². The van der Waals surface area contributed by atoms with E-state index in [2.05, 4.69) is 61.2 Å². The fourth-order valence-electron chi connectivity index (χ4n) is 4.83. The molecule has 2 nitrogen and oxygen atoms in total. The lowest BCUT2D eigenvalue weighted by Crippen LogP contribution is -2.35. The van der Waals surface area contributed by atoms with Gasteiger partial charge in [-0.2, -0.15) is 0 Å². The van der Waals surface area contributed by atoms with Crippen LogP contribution in [0, 0.1) is 13.8 Å². The number of fused-ring (bicyclic) bond motifs is 3. The Balaban J connectivity index is 1.78. The monoisotopic (exact) mass is 328 g/mol. The molecule has 0 unspecified atom stereocenters. The molecule has 0 aliphatic carbocycles. The molecular formula is C23H24N2. The van der Waals surface area contributed by atoms with E-state index in [1.165, 1.54) is 58.1 Å². The molecule has 5 rings (SSSR count). The zero-order valence-corrected chi connectivity index (χ0v) is 15.0. The fourth-order valence-corrected chi connectivity index (χ4v) is 4.83. The number of aromatic nitrogens is 1. The van der Waals surface area contributed by atoms with Crippen molar-refractivity contribution in [3.05, 3.63) is 64.8 Å². The van der Waals surface area contributed by atoms with Gasteiger partial charge in [-0.3, -0.25) is 9.88 Å². The van der Waals surface area contributed by atoms with Gasteiger partial charge in [0.25, 0.3) is 0 Å². The third kappa shape index (κ3) is 2.39. The maximum atomic E-state index is 5.06. The third-order valence-electron chi connectivity index (χ3n) is 6.03. The number of hydrogen-bond acceptors (Lipinski definition) is 2. The van der Waals surface area contributed by atoms with E-state index in [4.69, 9.17) is 4.98 Å². The molecule has 2 heteroatoms. The van der Waals surface area contributed by atoms with Crippen LogP contribution in [0.1, 0.15) is 35.2 Å². The molecule has 0 radical (unpaired) electrons. The Kier molecular flexibility index (Phi) is 3.42. The third-order valence-corrected chi connectivity index (χ3v) is 6.03. The Morgan fingerprint density at radius 2 is 1.96 bits per heavy atom. The molecule has 3 aromatic rings. The first kappa shape index (κ1) is 15.1. The summed E-state index contributed by atoms with van der Waals surface area (Å²) in [5, 5.41) is 2.63. The minimum absolute atomic E-state index is 0.714. The highest BCUT2D eigenvalue weighted by molar-refractivity contribution is 5.98. The summed E-state index contributed by atoms with van der Waals surface area (Å²) in [5.74, 6) is 0. The molecule has 2 aromatic carbocycles. The van der Waals surface area contributed by atoms with Gasteiger partial charge in [-0.05, 0) is 73.2 Å². The summed E-state index contributed by atoms with van der Waals surface area (Å²) < 4.78 is 0. The average molecular weight is 328 g/mol. The van der Waals surface area contributed by atoms with Crippen molar-refractivity contribution in [1.29, 1.82) is 0 Å². The van der Waals surface area contributed by atoms with E-state index in [1.54, 1.807) is 0 Å². The van der Waals surface area contributed by atoms with Crippen LogP contribution in [0.3, 0.4) is 0 Å². The van der Waals surface area contributed by atoms with Crippen LogP contribution in [-0.4, -0.2) is 22.5 Å². The van der Waals surface area contributed by atoms with Crippen molar-refractivity contribution in [1.82, 2.24) is 9.88 Å². The van der Waals surface area contributed by atoms with Crippen LogP contribution >= 0.6 is 0 Å². The summed E-state index contributed by atoms with van der Waals surface area (Å²) in [6, 6.07) is 16.2. The van der Waals surface area contributed by atoms with Gasteiger partial charge < -0.3 is 0 Å². The molecule has 0 spiro atoms. The summed E-state index contributed by atoms with van der Waals surface area (Å²) >= 11 is 0. The first-order chi connectivity index (χ1) is 12.2. The molecule has 1 saturated heterocycles. The number of benzene rings is 2.